The number of anilines is 1. The molecule has 3 rings (SSSR count). The van der Waals surface area contributed by atoms with Crippen LogP contribution in [0.2, 0.25) is 0 Å². The van der Waals surface area contributed by atoms with Gasteiger partial charge >= 0.3 is 0 Å². The van der Waals surface area contributed by atoms with Crippen LogP contribution in [0.4, 0.5) is 5.82 Å². The van der Waals surface area contributed by atoms with Crippen LogP contribution in [0.5, 0.6) is 0 Å². The normalized spacial score (nSPS) is 10.9. The Labute approximate surface area is 97.7 Å². The maximum Gasteiger partial charge on any atom is 0.178 e. The maximum absolute atomic E-state index is 5.55. The number of pyridine rings is 2. The molecule has 0 atom stereocenters. The molecule has 0 unspecified atom stereocenters. The van der Waals surface area contributed by atoms with Crippen LogP contribution in [0.15, 0.2) is 30.6 Å². The van der Waals surface area contributed by atoms with Crippen molar-refractivity contribution in [1.82, 2.24) is 19.9 Å². The number of hydrogen-bond acceptors (Lipinski definition) is 4. The highest BCUT2D eigenvalue weighted by atomic mass is 15.0. The Hall–Kier alpha value is -2.43. The average molecular weight is 225 g/mol. The third-order valence-corrected chi connectivity index (χ3v) is 2.53. The minimum absolute atomic E-state index is 0.499. The molecule has 0 aliphatic heterocycles. The fourth-order valence-electron chi connectivity index (χ4n) is 1.69. The van der Waals surface area contributed by atoms with Gasteiger partial charge in [-0.3, -0.25) is 0 Å². The Balaban J connectivity index is 2.14. The van der Waals surface area contributed by atoms with Gasteiger partial charge in [0.25, 0.3) is 0 Å². The lowest BCUT2D eigenvalue weighted by atomic mass is 10.3. The Bertz CT molecular complexity index is 669. The number of rotatable bonds is 1. The lowest BCUT2D eigenvalue weighted by molar-refractivity contribution is 1.26. The van der Waals surface area contributed by atoms with Gasteiger partial charge in [0.1, 0.15) is 11.6 Å². The zero-order valence-corrected chi connectivity index (χ0v) is 9.31. The quantitative estimate of drug-likeness (QED) is 0.663. The van der Waals surface area contributed by atoms with E-state index in [1.165, 1.54) is 0 Å². The molecule has 0 spiro atoms. The Morgan fingerprint density at radius 2 is 2.06 bits per heavy atom. The molecule has 3 heterocycles. The summed E-state index contributed by atoms with van der Waals surface area (Å²) in [5.41, 5.74) is 9.18. The molecule has 0 aromatic carbocycles. The summed E-state index contributed by atoms with van der Waals surface area (Å²) in [6, 6.07) is 5.65. The number of aryl methyl sites for hydroxylation is 1. The van der Waals surface area contributed by atoms with Gasteiger partial charge in [-0.15, -0.1) is 0 Å². The van der Waals surface area contributed by atoms with Crippen molar-refractivity contribution >= 4 is 17.0 Å². The summed E-state index contributed by atoms with van der Waals surface area (Å²) in [7, 11) is 0. The third-order valence-electron chi connectivity index (χ3n) is 2.53. The van der Waals surface area contributed by atoms with Crippen molar-refractivity contribution in [3.8, 4) is 11.4 Å². The molecule has 3 N–H and O–H groups in total. The Morgan fingerprint density at radius 3 is 2.82 bits per heavy atom. The molecule has 5 nitrogen and oxygen atoms in total. The van der Waals surface area contributed by atoms with Crippen LogP contribution >= 0.6 is 0 Å². The van der Waals surface area contributed by atoms with Crippen molar-refractivity contribution in [2.24, 2.45) is 0 Å². The summed E-state index contributed by atoms with van der Waals surface area (Å²) in [6.07, 6.45) is 3.49. The number of H-pyrrole nitrogens is 1. The smallest absolute Gasteiger partial charge is 0.178 e. The van der Waals surface area contributed by atoms with Crippen molar-refractivity contribution in [2.45, 2.75) is 6.92 Å². The van der Waals surface area contributed by atoms with E-state index in [2.05, 4.69) is 19.9 Å². The fourth-order valence-corrected chi connectivity index (χ4v) is 1.69. The number of hydrogen-bond donors (Lipinski definition) is 2. The number of nitrogen functional groups attached to an aromatic ring is 1. The van der Waals surface area contributed by atoms with Crippen LogP contribution < -0.4 is 5.73 Å². The van der Waals surface area contributed by atoms with Crippen molar-refractivity contribution in [3.05, 3.63) is 36.2 Å². The van der Waals surface area contributed by atoms with Crippen molar-refractivity contribution in [2.75, 3.05) is 5.73 Å². The van der Waals surface area contributed by atoms with E-state index in [4.69, 9.17) is 5.73 Å². The molecule has 5 heteroatoms. The van der Waals surface area contributed by atoms with Gasteiger partial charge in [-0.2, -0.15) is 0 Å². The molecule has 0 saturated carbocycles. The second kappa shape index (κ2) is 3.55. The molecule has 84 valence electrons. The van der Waals surface area contributed by atoms with Crippen molar-refractivity contribution < 1.29 is 0 Å². The van der Waals surface area contributed by atoms with Gasteiger partial charge in [0.2, 0.25) is 0 Å². The number of aromatic nitrogens is 4. The first-order valence-electron chi connectivity index (χ1n) is 5.26. The highest BCUT2D eigenvalue weighted by molar-refractivity contribution is 5.76. The second-order valence-electron chi connectivity index (χ2n) is 3.94. The van der Waals surface area contributed by atoms with E-state index >= 15 is 0 Å². The van der Waals surface area contributed by atoms with Gasteiger partial charge in [-0.1, -0.05) is 0 Å². The number of imidazole rings is 1. The molecule has 0 aliphatic carbocycles. The minimum atomic E-state index is 0.499. The summed E-state index contributed by atoms with van der Waals surface area (Å²) in [4.78, 5) is 15.9. The lowest BCUT2D eigenvalue weighted by Crippen LogP contribution is -1.89. The van der Waals surface area contributed by atoms with Crippen LogP contribution in [-0.2, 0) is 0 Å². The van der Waals surface area contributed by atoms with Crippen LogP contribution in [0, 0.1) is 6.92 Å². The number of aromatic amines is 1. The standard InChI is InChI=1S/C12H11N5/c1-7-4-9-12(15-5-7)17-11(16-9)8-2-3-10(13)14-6-8/h2-6H,1H3,(H2,13,14)(H,15,16,17). The van der Waals surface area contributed by atoms with Crippen LogP contribution in [0.3, 0.4) is 0 Å². The predicted molar refractivity (Wildman–Crippen MR) is 66.3 cm³/mol. The first kappa shape index (κ1) is 9.77. The number of nitrogens with two attached hydrogens (primary N) is 1. The van der Waals surface area contributed by atoms with E-state index in [1.807, 2.05) is 19.1 Å². The summed E-state index contributed by atoms with van der Waals surface area (Å²) < 4.78 is 0. The van der Waals surface area contributed by atoms with Gasteiger partial charge in [0.15, 0.2) is 5.65 Å². The van der Waals surface area contributed by atoms with Crippen LogP contribution in [-0.4, -0.2) is 19.9 Å². The highest BCUT2D eigenvalue weighted by Gasteiger charge is 2.06. The molecule has 0 fully saturated rings. The predicted octanol–water partition coefficient (Wildman–Crippen LogP) is 1.91. The van der Waals surface area contributed by atoms with E-state index in [9.17, 15) is 0 Å². The zero-order valence-electron chi connectivity index (χ0n) is 9.31. The fraction of sp³-hybridized carbons (Fsp3) is 0.0833. The first-order chi connectivity index (χ1) is 8.22. The SMILES string of the molecule is Cc1cnc2nc(-c3ccc(N)nc3)[nH]c2c1. The van der Waals surface area contributed by atoms with E-state index in [0.29, 0.717) is 11.5 Å². The van der Waals surface area contributed by atoms with Gasteiger partial charge in [-0.05, 0) is 30.7 Å². The number of nitrogens with zero attached hydrogens (tertiary/aromatic N) is 3. The highest BCUT2D eigenvalue weighted by Crippen LogP contribution is 2.19. The van der Waals surface area contributed by atoms with E-state index < -0.39 is 0 Å². The molecule has 0 amide bonds. The van der Waals surface area contributed by atoms with Crippen LogP contribution in [0.1, 0.15) is 5.56 Å². The summed E-state index contributed by atoms with van der Waals surface area (Å²) in [5.74, 6) is 1.25. The van der Waals surface area contributed by atoms with Crippen molar-refractivity contribution in [1.29, 1.82) is 0 Å². The Kier molecular flexibility index (Phi) is 2.04. The average Bonchev–Trinajstić information content (AvgIpc) is 2.72. The topological polar surface area (TPSA) is 80.5 Å². The van der Waals surface area contributed by atoms with Gasteiger partial charge in [0, 0.05) is 18.0 Å². The molecule has 17 heavy (non-hydrogen) atoms. The van der Waals surface area contributed by atoms with E-state index in [-0.39, 0.29) is 0 Å². The van der Waals surface area contributed by atoms with Gasteiger partial charge in [0.05, 0.1) is 5.52 Å². The van der Waals surface area contributed by atoms with Crippen LogP contribution in [0.25, 0.3) is 22.6 Å². The molecule has 3 aromatic rings. The molecule has 0 radical (unpaired) electrons. The van der Waals surface area contributed by atoms with Gasteiger partial charge < -0.3 is 10.7 Å². The zero-order chi connectivity index (χ0) is 11.8. The number of fused-ring (bicyclic) bond motifs is 1. The molecular formula is C12H11N5. The maximum atomic E-state index is 5.55. The monoisotopic (exact) mass is 225 g/mol. The summed E-state index contributed by atoms with van der Waals surface area (Å²) in [6.45, 7) is 2.00. The Morgan fingerprint density at radius 1 is 1.18 bits per heavy atom. The van der Waals surface area contributed by atoms with E-state index in [1.54, 1.807) is 18.5 Å². The molecular weight excluding hydrogens is 214 g/mol. The van der Waals surface area contributed by atoms with Gasteiger partial charge in [-0.25, -0.2) is 15.0 Å². The first-order valence-corrected chi connectivity index (χ1v) is 5.26. The number of nitrogens with one attached hydrogen (secondary N) is 1. The summed E-state index contributed by atoms with van der Waals surface area (Å²) in [5, 5.41) is 0. The molecule has 0 aliphatic rings. The molecule has 3 aromatic heterocycles. The summed E-state index contributed by atoms with van der Waals surface area (Å²) >= 11 is 0. The third kappa shape index (κ3) is 1.71. The minimum Gasteiger partial charge on any atom is -0.384 e. The molecule has 0 bridgehead atoms. The lowest BCUT2D eigenvalue weighted by Gasteiger charge is -1.95. The second-order valence-corrected chi connectivity index (χ2v) is 3.94. The molecule has 0 saturated heterocycles. The van der Waals surface area contributed by atoms with Crippen molar-refractivity contribution in [3.63, 3.8) is 0 Å². The largest absolute Gasteiger partial charge is 0.384 e. The van der Waals surface area contributed by atoms with E-state index in [0.717, 1.165) is 22.5 Å².